The van der Waals surface area contributed by atoms with Crippen molar-refractivity contribution < 1.29 is 9.53 Å². The van der Waals surface area contributed by atoms with E-state index in [1.165, 1.54) is 0 Å². The molecule has 0 aliphatic heterocycles. The average Bonchev–Trinajstić information content (AvgIpc) is 3.10. The fourth-order valence-corrected chi connectivity index (χ4v) is 3.12. The molecule has 1 amide bonds. The van der Waals surface area contributed by atoms with Gasteiger partial charge in [-0.3, -0.25) is 9.78 Å². The van der Waals surface area contributed by atoms with E-state index in [0.717, 1.165) is 31.2 Å². The number of aromatic nitrogens is 1. The highest BCUT2D eigenvalue weighted by Gasteiger charge is 2.34. The number of ether oxygens (including phenoxy) is 1. The molecule has 1 aromatic carbocycles. The van der Waals surface area contributed by atoms with Crippen LogP contribution >= 0.6 is 24.8 Å². The molecule has 3 rings (SSSR count). The smallest absolute Gasteiger partial charge is 0.251 e. The van der Waals surface area contributed by atoms with E-state index in [0.29, 0.717) is 24.5 Å². The molecule has 0 atom stereocenters. The molecule has 0 saturated heterocycles. The number of amides is 1. The van der Waals surface area contributed by atoms with E-state index in [2.05, 4.69) is 10.3 Å². The van der Waals surface area contributed by atoms with Crippen LogP contribution < -0.4 is 15.8 Å². The number of hydrogen-bond donors (Lipinski definition) is 2. The number of rotatable bonds is 6. The fourth-order valence-electron chi connectivity index (χ4n) is 3.12. The van der Waals surface area contributed by atoms with Crippen molar-refractivity contribution in [3.8, 4) is 5.75 Å². The molecule has 0 bridgehead atoms. The second-order valence-corrected chi connectivity index (χ2v) is 6.32. The number of benzene rings is 1. The van der Waals surface area contributed by atoms with Crippen molar-refractivity contribution >= 4 is 30.7 Å². The summed E-state index contributed by atoms with van der Waals surface area (Å²) in [5, 5.41) is 3.13. The third-order valence-electron chi connectivity index (χ3n) is 4.55. The molecule has 7 heteroatoms. The maximum absolute atomic E-state index is 12.6. The Labute approximate surface area is 166 Å². The highest BCUT2D eigenvalue weighted by Crippen LogP contribution is 2.29. The first-order chi connectivity index (χ1) is 11.7. The lowest BCUT2D eigenvalue weighted by Gasteiger charge is -2.28. The number of nitrogens with one attached hydrogen (secondary N) is 1. The first-order valence-electron chi connectivity index (χ1n) is 8.35. The Morgan fingerprint density at radius 1 is 1.19 bits per heavy atom. The first kappa shape index (κ1) is 22.2. The summed E-state index contributed by atoms with van der Waals surface area (Å²) in [5.74, 6) is 0.578. The number of carbonyl (C=O) groups is 1. The number of pyridine rings is 1. The van der Waals surface area contributed by atoms with Crippen molar-refractivity contribution in [1.82, 2.24) is 10.3 Å². The highest BCUT2D eigenvalue weighted by atomic mass is 35.5. The summed E-state index contributed by atoms with van der Waals surface area (Å²) < 4.78 is 5.76. The standard InChI is InChI=1S/C19H23N3O2.2ClH/c20-14-19(8-1-2-9-19)22-18(23)16-6-3-7-17(11-16)24-13-15-5-4-10-21-12-15;;/h3-7,10-12H,1-2,8-9,13-14,20H2,(H,22,23);2*1H. The van der Waals surface area contributed by atoms with E-state index >= 15 is 0 Å². The lowest BCUT2D eigenvalue weighted by atomic mass is 9.97. The lowest BCUT2D eigenvalue weighted by Crippen LogP contribution is -2.51. The SMILES string of the molecule is Cl.Cl.NCC1(NC(=O)c2cccc(OCc3cccnc3)c2)CCCC1. The summed E-state index contributed by atoms with van der Waals surface area (Å²) in [6.45, 7) is 0.904. The van der Waals surface area contributed by atoms with Gasteiger partial charge in [0.05, 0.1) is 5.54 Å². The van der Waals surface area contributed by atoms with Gasteiger partial charge in [0.15, 0.2) is 0 Å². The van der Waals surface area contributed by atoms with E-state index in [1.807, 2.05) is 24.3 Å². The third kappa shape index (κ3) is 5.59. The van der Waals surface area contributed by atoms with Gasteiger partial charge < -0.3 is 15.8 Å². The van der Waals surface area contributed by atoms with E-state index < -0.39 is 0 Å². The Kier molecular flexibility index (Phi) is 8.85. The van der Waals surface area contributed by atoms with Crippen LogP contribution in [0.3, 0.4) is 0 Å². The second-order valence-electron chi connectivity index (χ2n) is 6.32. The predicted molar refractivity (Wildman–Crippen MR) is 107 cm³/mol. The van der Waals surface area contributed by atoms with Crippen molar-refractivity contribution in [2.24, 2.45) is 5.73 Å². The molecule has 1 aromatic heterocycles. The van der Waals surface area contributed by atoms with E-state index in [-0.39, 0.29) is 36.3 Å². The van der Waals surface area contributed by atoms with E-state index in [1.54, 1.807) is 24.5 Å². The number of nitrogens with zero attached hydrogens (tertiary/aromatic N) is 1. The molecule has 1 fully saturated rings. The van der Waals surface area contributed by atoms with Crippen LogP contribution in [0.4, 0.5) is 0 Å². The van der Waals surface area contributed by atoms with Crippen molar-refractivity contribution in [2.45, 2.75) is 37.8 Å². The molecule has 1 saturated carbocycles. The summed E-state index contributed by atoms with van der Waals surface area (Å²) in [4.78, 5) is 16.6. The number of halogens is 2. The molecule has 26 heavy (non-hydrogen) atoms. The Hall–Kier alpha value is -1.82. The molecule has 1 heterocycles. The van der Waals surface area contributed by atoms with Crippen LogP contribution in [0.2, 0.25) is 0 Å². The van der Waals surface area contributed by atoms with Crippen LogP contribution in [-0.4, -0.2) is 23.0 Å². The summed E-state index contributed by atoms with van der Waals surface area (Å²) in [5.41, 5.74) is 7.23. The third-order valence-corrected chi connectivity index (χ3v) is 4.55. The molecule has 3 N–H and O–H groups in total. The maximum Gasteiger partial charge on any atom is 0.251 e. The molecule has 0 unspecified atom stereocenters. The van der Waals surface area contributed by atoms with Gasteiger partial charge in [-0.2, -0.15) is 0 Å². The normalized spacial score (nSPS) is 14.7. The van der Waals surface area contributed by atoms with Gasteiger partial charge in [-0.15, -0.1) is 24.8 Å². The largest absolute Gasteiger partial charge is 0.489 e. The lowest BCUT2D eigenvalue weighted by molar-refractivity contribution is 0.0902. The van der Waals surface area contributed by atoms with Crippen LogP contribution in [0.1, 0.15) is 41.6 Å². The summed E-state index contributed by atoms with van der Waals surface area (Å²) >= 11 is 0. The van der Waals surface area contributed by atoms with Gasteiger partial charge in [-0.25, -0.2) is 0 Å². The van der Waals surface area contributed by atoms with Crippen molar-refractivity contribution in [2.75, 3.05) is 6.54 Å². The minimum absolute atomic E-state index is 0. The highest BCUT2D eigenvalue weighted by molar-refractivity contribution is 5.95. The minimum Gasteiger partial charge on any atom is -0.489 e. The maximum atomic E-state index is 12.6. The molecule has 5 nitrogen and oxygen atoms in total. The fraction of sp³-hybridized carbons (Fsp3) is 0.368. The number of nitrogens with two attached hydrogens (primary N) is 1. The van der Waals surface area contributed by atoms with Gasteiger partial charge in [-0.05, 0) is 37.1 Å². The van der Waals surface area contributed by atoms with Gasteiger partial charge in [0.1, 0.15) is 12.4 Å². The van der Waals surface area contributed by atoms with Gasteiger partial charge in [0.2, 0.25) is 0 Å². The Balaban J connectivity index is 0.00000169. The van der Waals surface area contributed by atoms with Gasteiger partial charge >= 0.3 is 0 Å². The van der Waals surface area contributed by atoms with Gasteiger partial charge in [0, 0.05) is 30.1 Å². The Bertz CT molecular complexity index is 692. The van der Waals surface area contributed by atoms with Crippen molar-refractivity contribution in [3.05, 3.63) is 59.9 Å². The van der Waals surface area contributed by atoms with Gasteiger partial charge in [-0.1, -0.05) is 25.0 Å². The zero-order chi connectivity index (χ0) is 16.8. The quantitative estimate of drug-likeness (QED) is 0.781. The molecular weight excluding hydrogens is 373 g/mol. The number of carbonyl (C=O) groups excluding carboxylic acids is 1. The minimum atomic E-state index is -0.246. The molecule has 0 radical (unpaired) electrons. The Morgan fingerprint density at radius 3 is 2.62 bits per heavy atom. The summed E-state index contributed by atoms with van der Waals surface area (Å²) in [6, 6.07) is 11.1. The molecule has 2 aromatic rings. The van der Waals surface area contributed by atoms with Crippen LogP contribution in [0, 0.1) is 0 Å². The van der Waals surface area contributed by atoms with Crippen LogP contribution in [0.15, 0.2) is 48.8 Å². The second kappa shape index (κ2) is 10.4. The number of hydrogen-bond acceptors (Lipinski definition) is 4. The van der Waals surface area contributed by atoms with E-state index in [9.17, 15) is 4.79 Å². The molecule has 142 valence electrons. The summed E-state index contributed by atoms with van der Waals surface area (Å²) in [7, 11) is 0. The van der Waals surface area contributed by atoms with Gasteiger partial charge in [0.25, 0.3) is 5.91 Å². The zero-order valence-electron chi connectivity index (χ0n) is 14.5. The van der Waals surface area contributed by atoms with Crippen LogP contribution in [0.5, 0.6) is 5.75 Å². The topological polar surface area (TPSA) is 77.2 Å². The molecule has 1 aliphatic carbocycles. The van der Waals surface area contributed by atoms with Crippen LogP contribution in [0.25, 0.3) is 0 Å². The molecule has 1 aliphatic rings. The summed E-state index contributed by atoms with van der Waals surface area (Å²) in [6.07, 6.45) is 7.63. The van der Waals surface area contributed by atoms with E-state index in [4.69, 9.17) is 10.5 Å². The average molecular weight is 398 g/mol. The van der Waals surface area contributed by atoms with Crippen molar-refractivity contribution in [1.29, 1.82) is 0 Å². The molecule has 0 spiro atoms. The Morgan fingerprint density at radius 2 is 1.96 bits per heavy atom. The van der Waals surface area contributed by atoms with Crippen molar-refractivity contribution in [3.63, 3.8) is 0 Å². The zero-order valence-corrected chi connectivity index (χ0v) is 16.2. The molecular formula is C19H25Cl2N3O2. The predicted octanol–water partition coefficient (Wildman–Crippen LogP) is 3.51. The monoisotopic (exact) mass is 397 g/mol. The van der Waals surface area contributed by atoms with Crippen LogP contribution in [-0.2, 0) is 6.61 Å². The first-order valence-corrected chi connectivity index (χ1v) is 8.35.